The lowest BCUT2D eigenvalue weighted by atomic mass is 10.1. The van der Waals surface area contributed by atoms with Gasteiger partial charge in [0, 0.05) is 5.69 Å². The lowest BCUT2D eigenvalue weighted by Crippen LogP contribution is -2.30. The lowest BCUT2D eigenvalue weighted by Gasteiger charge is -2.13. The Balaban J connectivity index is 1.59. The Bertz CT molecular complexity index is 998. The van der Waals surface area contributed by atoms with E-state index in [0.717, 1.165) is 11.3 Å². The summed E-state index contributed by atoms with van der Waals surface area (Å²) in [4.78, 5) is 30.8. The molecule has 1 aromatic heterocycles. The van der Waals surface area contributed by atoms with Gasteiger partial charge in [-0.15, -0.1) is 0 Å². The molecule has 1 aliphatic heterocycles. The van der Waals surface area contributed by atoms with Crippen molar-refractivity contribution < 1.29 is 9.53 Å². The molecule has 0 spiro atoms. The number of hydrogen-bond donors (Lipinski definition) is 0. The minimum atomic E-state index is -0.395. The quantitative estimate of drug-likeness (QED) is 0.738. The molecule has 1 aliphatic rings. The van der Waals surface area contributed by atoms with Crippen LogP contribution >= 0.6 is 0 Å². The standard InChI is InChI=1S/C19H17N3O3/c1-13-6-5-9-16-17(13)20-12-21(18(16)23)10-15-11-22(19(24)25-15)14-7-3-2-4-8-14/h2-9,12,15H,10-11H2,1H3/t15-/m1/s1. The number of cyclic esters (lactones) is 1. The highest BCUT2D eigenvalue weighted by Crippen LogP contribution is 2.21. The summed E-state index contributed by atoms with van der Waals surface area (Å²) in [6.45, 7) is 2.61. The molecule has 0 bridgehead atoms. The number of carbonyl (C=O) groups is 1. The number of aryl methyl sites for hydroxylation is 1. The van der Waals surface area contributed by atoms with Crippen LogP contribution < -0.4 is 10.5 Å². The van der Waals surface area contributed by atoms with Crippen molar-refractivity contribution in [2.24, 2.45) is 0 Å². The number of fused-ring (bicyclic) bond motifs is 1. The minimum absolute atomic E-state index is 0.122. The molecule has 0 unspecified atom stereocenters. The van der Waals surface area contributed by atoms with E-state index in [2.05, 4.69) is 4.98 Å². The van der Waals surface area contributed by atoms with Gasteiger partial charge >= 0.3 is 6.09 Å². The molecule has 6 heteroatoms. The van der Waals surface area contributed by atoms with Crippen molar-refractivity contribution in [2.45, 2.75) is 19.6 Å². The number of anilines is 1. The normalized spacial score (nSPS) is 17.1. The fourth-order valence-electron chi connectivity index (χ4n) is 3.12. The zero-order chi connectivity index (χ0) is 17.4. The molecule has 1 fully saturated rings. The van der Waals surface area contributed by atoms with Crippen molar-refractivity contribution in [3.63, 3.8) is 0 Å². The van der Waals surface area contributed by atoms with Crippen molar-refractivity contribution in [3.05, 3.63) is 70.8 Å². The van der Waals surface area contributed by atoms with Gasteiger partial charge in [0.1, 0.15) is 6.10 Å². The number of benzene rings is 2. The highest BCUT2D eigenvalue weighted by molar-refractivity contribution is 5.89. The van der Waals surface area contributed by atoms with E-state index in [4.69, 9.17) is 4.74 Å². The molecule has 1 amide bonds. The van der Waals surface area contributed by atoms with Gasteiger partial charge in [-0.05, 0) is 30.7 Å². The van der Waals surface area contributed by atoms with Gasteiger partial charge in [0.15, 0.2) is 0 Å². The summed E-state index contributed by atoms with van der Waals surface area (Å²) < 4.78 is 6.93. The number of para-hydroxylation sites is 2. The number of hydrogen-bond acceptors (Lipinski definition) is 4. The summed E-state index contributed by atoms with van der Waals surface area (Å²) in [6.07, 6.45) is 0.736. The molecule has 1 atom stereocenters. The SMILES string of the molecule is Cc1cccc2c(=O)n(C[C@@H]3CN(c4ccccc4)C(=O)O3)cnc12. The molecule has 0 aliphatic carbocycles. The van der Waals surface area contributed by atoms with E-state index in [-0.39, 0.29) is 12.1 Å². The summed E-state index contributed by atoms with van der Waals surface area (Å²) in [5.74, 6) is 0. The Kier molecular flexibility index (Phi) is 3.72. The zero-order valence-corrected chi connectivity index (χ0v) is 13.8. The summed E-state index contributed by atoms with van der Waals surface area (Å²) in [5.41, 5.74) is 2.33. The van der Waals surface area contributed by atoms with Crippen molar-refractivity contribution >= 4 is 22.7 Å². The maximum atomic E-state index is 12.7. The van der Waals surface area contributed by atoms with Crippen LogP contribution in [-0.2, 0) is 11.3 Å². The molecule has 6 nitrogen and oxygen atoms in total. The van der Waals surface area contributed by atoms with Gasteiger partial charge in [-0.2, -0.15) is 0 Å². The van der Waals surface area contributed by atoms with Gasteiger partial charge in [0.2, 0.25) is 0 Å². The van der Waals surface area contributed by atoms with Gasteiger partial charge in [-0.1, -0.05) is 30.3 Å². The van der Waals surface area contributed by atoms with E-state index in [0.29, 0.717) is 17.4 Å². The van der Waals surface area contributed by atoms with E-state index in [1.54, 1.807) is 11.0 Å². The van der Waals surface area contributed by atoms with E-state index in [1.165, 1.54) is 10.9 Å². The predicted molar refractivity (Wildman–Crippen MR) is 94.8 cm³/mol. The Morgan fingerprint density at radius 3 is 2.72 bits per heavy atom. The minimum Gasteiger partial charge on any atom is -0.442 e. The Labute approximate surface area is 144 Å². The average molecular weight is 335 g/mol. The van der Waals surface area contributed by atoms with Crippen molar-refractivity contribution in [3.8, 4) is 0 Å². The number of amides is 1. The highest BCUT2D eigenvalue weighted by Gasteiger charge is 2.32. The second-order valence-corrected chi connectivity index (χ2v) is 6.13. The van der Waals surface area contributed by atoms with Crippen LogP contribution in [0.5, 0.6) is 0 Å². The molecule has 126 valence electrons. The third-order valence-corrected chi connectivity index (χ3v) is 4.40. The second-order valence-electron chi connectivity index (χ2n) is 6.13. The second kappa shape index (κ2) is 6.05. The number of rotatable bonds is 3. The molecular weight excluding hydrogens is 318 g/mol. The molecule has 4 rings (SSSR count). The summed E-state index contributed by atoms with van der Waals surface area (Å²) in [5, 5.41) is 0.576. The smallest absolute Gasteiger partial charge is 0.414 e. The van der Waals surface area contributed by atoms with Gasteiger partial charge < -0.3 is 4.74 Å². The first-order chi connectivity index (χ1) is 12.1. The van der Waals surface area contributed by atoms with Crippen LogP contribution in [0.2, 0.25) is 0 Å². The number of nitrogens with zero attached hydrogens (tertiary/aromatic N) is 3. The van der Waals surface area contributed by atoms with E-state index in [1.807, 2.05) is 49.4 Å². The predicted octanol–water partition coefficient (Wildman–Crippen LogP) is 2.73. The molecule has 0 saturated carbocycles. The zero-order valence-electron chi connectivity index (χ0n) is 13.8. The summed E-state index contributed by atoms with van der Waals surface area (Å²) >= 11 is 0. The number of ether oxygens (including phenoxy) is 1. The summed E-state index contributed by atoms with van der Waals surface area (Å²) in [7, 11) is 0. The topological polar surface area (TPSA) is 64.4 Å². The summed E-state index contributed by atoms with van der Waals surface area (Å²) in [6, 6.07) is 14.9. The van der Waals surface area contributed by atoms with Crippen LogP contribution in [0, 0.1) is 6.92 Å². The molecule has 0 N–H and O–H groups in total. The van der Waals surface area contributed by atoms with Crippen LogP contribution in [0.3, 0.4) is 0 Å². The van der Waals surface area contributed by atoms with Crippen molar-refractivity contribution in [1.82, 2.24) is 9.55 Å². The third-order valence-electron chi connectivity index (χ3n) is 4.40. The maximum Gasteiger partial charge on any atom is 0.414 e. The van der Waals surface area contributed by atoms with Gasteiger partial charge in [0.05, 0.1) is 30.3 Å². The maximum absolute atomic E-state index is 12.7. The molecule has 0 radical (unpaired) electrons. The van der Waals surface area contributed by atoms with Crippen LogP contribution in [0.15, 0.2) is 59.7 Å². The fourth-order valence-corrected chi connectivity index (χ4v) is 3.12. The molecule has 1 saturated heterocycles. The fraction of sp³-hybridized carbons (Fsp3) is 0.211. The highest BCUT2D eigenvalue weighted by atomic mass is 16.6. The molecular formula is C19H17N3O3. The Morgan fingerprint density at radius 2 is 1.92 bits per heavy atom. The van der Waals surface area contributed by atoms with Crippen LogP contribution in [0.1, 0.15) is 5.56 Å². The largest absolute Gasteiger partial charge is 0.442 e. The van der Waals surface area contributed by atoms with Gasteiger partial charge in [0.25, 0.3) is 5.56 Å². The molecule has 3 aromatic rings. The molecule has 2 aromatic carbocycles. The van der Waals surface area contributed by atoms with Crippen LogP contribution in [0.4, 0.5) is 10.5 Å². The van der Waals surface area contributed by atoms with Crippen LogP contribution in [-0.4, -0.2) is 28.3 Å². The number of carbonyl (C=O) groups excluding carboxylic acids is 1. The van der Waals surface area contributed by atoms with Crippen molar-refractivity contribution in [1.29, 1.82) is 0 Å². The van der Waals surface area contributed by atoms with E-state index in [9.17, 15) is 9.59 Å². The first kappa shape index (κ1) is 15.4. The van der Waals surface area contributed by atoms with Crippen molar-refractivity contribution in [2.75, 3.05) is 11.4 Å². The Hall–Kier alpha value is -3.15. The molecule has 25 heavy (non-hydrogen) atoms. The van der Waals surface area contributed by atoms with E-state index >= 15 is 0 Å². The van der Waals surface area contributed by atoms with Gasteiger partial charge in [-0.25, -0.2) is 9.78 Å². The first-order valence-corrected chi connectivity index (χ1v) is 8.11. The first-order valence-electron chi connectivity index (χ1n) is 8.11. The van der Waals surface area contributed by atoms with Crippen LogP contribution in [0.25, 0.3) is 10.9 Å². The van der Waals surface area contributed by atoms with Gasteiger partial charge in [-0.3, -0.25) is 14.3 Å². The number of aromatic nitrogens is 2. The lowest BCUT2D eigenvalue weighted by molar-refractivity contribution is 0.131. The molecule has 2 heterocycles. The monoisotopic (exact) mass is 335 g/mol. The Morgan fingerprint density at radius 1 is 1.12 bits per heavy atom. The third kappa shape index (κ3) is 2.76. The van der Waals surface area contributed by atoms with E-state index < -0.39 is 12.2 Å². The average Bonchev–Trinajstić information content (AvgIpc) is 2.99.